The number of hydrogen-bond donors (Lipinski definition) is 15. The number of likely N-dealkylation sites (N-methyl/N-ethyl adjacent to an activating group) is 1. The Hall–Kier alpha value is -6.37. The molecule has 2 aromatic carbocycles. The zero-order valence-electron chi connectivity index (χ0n) is 43.5. The minimum absolute atomic E-state index is 0. The summed E-state index contributed by atoms with van der Waals surface area (Å²) in [6.07, 6.45) is -6.33. The molecule has 0 saturated carbocycles. The molecule has 0 aliphatic carbocycles. The molecule has 1 aromatic heterocycles. The first-order valence-corrected chi connectivity index (χ1v) is 25.1. The van der Waals surface area contributed by atoms with Gasteiger partial charge in [-0.25, -0.2) is 0 Å². The second-order valence-corrected chi connectivity index (χ2v) is 18.8. The SMILES string of the molecule is CN1CCN(C(CCC(=O)Cc2cc(C(=O)NCC(O)CO)cc(C(=O)NCC(O)CO)c2)C(=O)O)Cc2cccc(n2)CN(C(CCC(=O)Nc2cc(C(=O)NCC(O)CO)cc(C(=O)NCC(O)CO)c2)C(=O)O)CC1.[Mn]. The van der Waals surface area contributed by atoms with Crippen LogP contribution in [0.15, 0.2) is 54.6 Å². The van der Waals surface area contributed by atoms with Crippen molar-refractivity contribution in [3.8, 4) is 0 Å². The second kappa shape index (κ2) is 33.9. The molecule has 4 rings (SSSR count). The Labute approximate surface area is 465 Å². The molecule has 2 heterocycles. The topological polar surface area (TPSA) is 422 Å². The van der Waals surface area contributed by atoms with Crippen LogP contribution in [0, 0.1) is 0 Å². The molecule has 5 amide bonds. The van der Waals surface area contributed by atoms with Gasteiger partial charge in [0, 0.05) is 130 Å². The third kappa shape index (κ3) is 22.7. The van der Waals surface area contributed by atoms with E-state index >= 15 is 0 Å². The maximum Gasteiger partial charge on any atom is 0.320 e. The third-order valence-electron chi connectivity index (χ3n) is 12.4. The molecule has 435 valence electrons. The summed E-state index contributed by atoms with van der Waals surface area (Å²) in [5.41, 5.74) is 0.712. The van der Waals surface area contributed by atoms with Crippen LogP contribution < -0.4 is 26.6 Å². The van der Waals surface area contributed by atoms with Crippen molar-refractivity contribution in [2.24, 2.45) is 0 Å². The number of aliphatic hydroxyl groups is 8. The van der Waals surface area contributed by atoms with E-state index in [2.05, 4.69) is 26.6 Å². The van der Waals surface area contributed by atoms with Crippen molar-refractivity contribution in [3.05, 3.63) is 93.8 Å². The Bertz CT molecular complexity index is 2290. The molecular weight excluding hydrogens is 1080 g/mol. The van der Waals surface area contributed by atoms with Gasteiger partial charge in [0.25, 0.3) is 23.6 Å². The van der Waals surface area contributed by atoms with Crippen molar-refractivity contribution in [1.82, 2.24) is 41.0 Å². The van der Waals surface area contributed by atoms with Crippen molar-refractivity contribution < 1.29 is 106 Å². The van der Waals surface area contributed by atoms with Gasteiger partial charge in [-0.1, -0.05) is 6.07 Å². The van der Waals surface area contributed by atoms with Gasteiger partial charge in [0.05, 0.1) is 62.2 Å². The van der Waals surface area contributed by atoms with Crippen LogP contribution in [0.1, 0.15) is 84.1 Å². The average molecular weight is 1150 g/mol. The maximum absolute atomic E-state index is 13.6. The molecular formula is C51H71MnN9O18. The normalized spacial score (nSPS) is 15.7. The number of rotatable bonds is 29. The fourth-order valence-corrected chi connectivity index (χ4v) is 8.08. The number of ketones is 1. The number of amides is 5. The van der Waals surface area contributed by atoms with Gasteiger partial charge in [-0.3, -0.25) is 53.1 Å². The number of carboxylic acid groups (broad SMARTS) is 2. The number of nitrogens with one attached hydrogen (secondary N) is 5. The first kappa shape index (κ1) is 66.9. The summed E-state index contributed by atoms with van der Waals surface area (Å²) in [6.45, 7) is -2.93. The number of hydrogen-bond acceptors (Lipinski definition) is 20. The molecule has 0 spiro atoms. The number of carbonyl (C=O) groups excluding carboxylic acids is 6. The van der Waals surface area contributed by atoms with E-state index in [-0.39, 0.29) is 148 Å². The van der Waals surface area contributed by atoms with Crippen molar-refractivity contribution in [2.45, 2.75) is 81.7 Å². The minimum Gasteiger partial charge on any atom is -0.480 e. The molecule has 0 fully saturated rings. The predicted molar refractivity (Wildman–Crippen MR) is 276 cm³/mol. The first-order chi connectivity index (χ1) is 37.1. The van der Waals surface area contributed by atoms with E-state index in [1.54, 1.807) is 35.0 Å². The van der Waals surface area contributed by atoms with Crippen LogP contribution in [-0.4, -0.2) is 240 Å². The van der Waals surface area contributed by atoms with Crippen LogP contribution in [-0.2, 0) is 55.8 Å². The van der Waals surface area contributed by atoms with Crippen LogP contribution in [0.5, 0.6) is 0 Å². The largest absolute Gasteiger partial charge is 0.480 e. The zero-order valence-corrected chi connectivity index (χ0v) is 44.7. The van der Waals surface area contributed by atoms with E-state index < -0.39 is 110 Å². The number of benzene rings is 2. The smallest absolute Gasteiger partial charge is 0.320 e. The number of aromatic nitrogens is 1. The molecule has 79 heavy (non-hydrogen) atoms. The van der Waals surface area contributed by atoms with Crippen LogP contribution in [0.4, 0.5) is 5.69 Å². The number of carboxylic acids is 2. The quantitative estimate of drug-likeness (QED) is 0.0294. The molecule has 6 unspecified atom stereocenters. The summed E-state index contributed by atoms with van der Waals surface area (Å²) >= 11 is 0. The van der Waals surface area contributed by atoms with E-state index in [4.69, 9.17) is 25.4 Å². The van der Waals surface area contributed by atoms with Crippen LogP contribution in [0.3, 0.4) is 0 Å². The van der Waals surface area contributed by atoms with Gasteiger partial charge in [-0.15, -0.1) is 0 Å². The average Bonchev–Trinajstić information content (AvgIpc) is 3.42. The number of carbonyl (C=O) groups is 8. The summed E-state index contributed by atoms with van der Waals surface area (Å²) < 4.78 is 0. The van der Waals surface area contributed by atoms with E-state index in [1.807, 2.05) is 4.90 Å². The number of nitrogens with zero attached hydrogens (tertiary/aromatic N) is 4. The number of pyridine rings is 1. The Balaban J connectivity index is 0.0000164. The number of aliphatic hydroxyl groups excluding tert-OH is 8. The summed E-state index contributed by atoms with van der Waals surface area (Å²) in [5.74, 6) is -6.54. The molecule has 3 aromatic rings. The number of anilines is 1. The van der Waals surface area contributed by atoms with E-state index in [0.29, 0.717) is 11.4 Å². The van der Waals surface area contributed by atoms with Crippen LogP contribution >= 0.6 is 0 Å². The van der Waals surface area contributed by atoms with Crippen molar-refractivity contribution in [2.75, 3.05) is 91.2 Å². The van der Waals surface area contributed by atoms with Crippen LogP contribution in [0.2, 0.25) is 0 Å². The number of aliphatic carboxylic acids is 2. The second-order valence-electron chi connectivity index (χ2n) is 18.8. The summed E-state index contributed by atoms with van der Waals surface area (Å²) in [4.78, 5) is 115. The molecule has 15 N–H and O–H groups in total. The maximum atomic E-state index is 13.6. The summed E-state index contributed by atoms with van der Waals surface area (Å²) in [6, 6.07) is 10.2. The van der Waals surface area contributed by atoms with Crippen molar-refractivity contribution in [1.29, 1.82) is 0 Å². The van der Waals surface area contributed by atoms with E-state index in [1.165, 1.54) is 36.4 Å². The van der Waals surface area contributed by atoms with Gasteiger partial charge in [0.15, 0.2) is 0 Å². The van der Waals surface area contributed by atoms with Gasteiger partial charge in [0.1, 0.15) is 17.9 Å². The van der Waals surface area contributed by atoms with E-state index in [9.17, 15) is 69.0 Å². The predicted octanol–water partition coefficient (Wildman–Crippen LogP) is -4.12. The van der Waals surface area contributed by atoms with E-state index in [0.717, 1.165) is 0 Å². The van der Waals surface area contributed by atoms with Crippen LogP contribution in [0.25, 0.3) is 0 Å². The molecule has 1 aliphatic rings. The molecule has 0 saturated heterocycles. The zero-order chi connectivity index (χ0) is 57.5. The summed E-state index contributed by atoms with van der Waals surface area (Å²) in [5, 5.41) is 109. The van der Waals surface area contributed by atoms with Crippen molar-refractivity contribution in [3.63, 3.8) is 0 Å². The molecule has 28 heteroatoms. The first-order valence-electron chi connectivity index (χ1n) is 25.1. The van der Waals surface area contributed by atoms with Gasteiger partial charge < -0.3 is 82.5 Å². The van der Waals surface area contributed by atoms with Gasteiger partial charge in [0.2, 0.25) is 5.91 Å². The molecule has 27 nitrogen and oxygen atoms in total. The fraction of sp³-hybridized carbons (Fsp3) is 0.510. The monoisotopic (exact) mass is 1150 g/mol. The fourth-order valence-electron chi connectivity index (χ4n) is 8.08. The van der Waals surface area contributed by atoms with Crippen molar-refractivity contribution >= 4 is 52.9 Å². The Morgan fingerprint density at radius 1 is 0.544 bits per heavy atom. The Morgan fingerprint density at radius 2 is 0.911 bits per heavy atom. The number of fused-ring (bicyclic) bond motifs is 2. The molecule has 2 bridgehead atoms. The minimum atomic E-state index is -1.28. The summed E-state index contributed by atoms with van der Waals surface area (Å²) in [7, 11) is 1.76. The van der Waals surface area contributed by atoms with Gasteiger partial charge >= 0.3 is 11.9 Å². The third-order valence-corrected chi connectivity index (χ3v) is 12.4. The Kier molecular flexibility index (Phi) is 28.7. The molecule has 1 aliphatic heterocycles. The Morgan fingerprint density at radius 3 is 1.28 bits per heavy atom. The van der Waals surface area contributed by atoms with Gasteiger partial charge in [-0.2, -0.15) is 0 Å². The molecule has 6 atom stereocenters. The number of Topliss-reactive ketones (excluding diaryl/α,β-unsaturated/α-hetero) is 1. The standard InChI is InChI=1S/C51H71N9O18.Mn/c1-58-9-11-59(43(50(75)76)6-5-38(65)15-30-13-31(46(71)52-20-39(66)26-61)16-32(14-30)47(72)53-21-40(67)27-62)24-35-3-2-4-36(56-35)25-60(12-10-58)44(51(77)78)7-8-45(70)57-37-18-33(48(73)54-22-41(68)28-63)17-34(19-37)49(74)55-23-42(69)29-64;/h2-4,13-14,16-19,39-44,61-64,66-69H,5-12,15,20-29H2,1H3,(H,52,71)(H,53,72)(H,54,73)(H,55,74)(H,57,70)(H,75,76)(H,77,78);. The van der Waals surface area contributed by atoms with Gasteiger partial charge in [-0.05, 0) is 74.0 Å². The molecule has 1 radical (unpaired) electrons.